The van der Waals surface area contributed by atoms with Gasteiger partial charge in [-0.2, -0.15) is 5.10 Å². The smallest absolute Gasteiger partial charge is 0.0729 e. The maximum atomic E-state index is 10.7. The monoisotopic (exact) mass is 284 g/mol. The van der Waals surface area contributed by atoms with Gasteiger partial charge in [0.1, 0.15) is 0 Å². The van der Waals surface area contributed by atoms with Gasteiger partial charge in [-0.15, -0.1) is 0 Å². The van der Waals surface area contributed by atoms with Gasteiger partial charge in [-0.3, -0.25) is 4.68 Å². The Balaban J connectivity index is 1.57. The highest BCUT2D eigenvalue weighted by Crippen LogP contribution is 2.57. The van der Waals surface area contributed by atoms with Crippen LogP contribution in [0.15, 0.2) is 24.3 Å². The quantitative estimate of drug-likeness (QED) is 0.934. The van der Waals surface area contributed by atoms with Crippen molar-refractivity contribution in [3.8, 4) is 0 Å². The minimum atomic E-state index is -0.207. The van der Waals surface area contributed by atoms with Crippen molar-refractivity contribution in [2.24, 2.45) is 17.8 Å². The van der Waals surface area contributed by atoms with Gasteiger partial charge in [-0.05, 0) is 43.6 Å². The van der Waals surface area contributed by atoms with Crippen LogP contribution in [0, 0.1) is 17.8 Å². The molecule has 1 aromatic heterocycles. The van der Waals surface area contributed by atoms with Crippen LogP contribution in [0.1, 0.15) is 38.3 Å². The lowest BCUT2D eigenvalue weighted by Gasteiger charge is -2.08. The maximum absolute atomic E-state index is 10.7. The Bertz CT molecular complexity index is 636. The number of para-hydroxylation sites is 1. The lowest BCUT2D eigenvalue weighted by molar-refractivity contribution is 0.139. The van der Waals surface area contributed by atoms with Crippen LogP contribution < -0.4 is 0 Å². The summed E-state index contributed by atoms with van der Waals surface area (Å²) < 4.78 is 2.05. The molecule has 0 bridgehead atoms. The lowest BCUT2D eigenvalue weighted by atomic mass is 10.0. The number of benzene rings is 1. The van der Waals surface area contributed by atoms with Crippen LogP contribution in [0.4, 0.5) is 0 Å². The van der Waals surface area contributed by atoms with Gasteiger partial charge < -0.3 is 5.11 Å². The van der Waals surface area contributed by atoms with E-state index in [-0.39, 0.29) is 6.10 Å². The van der Waals surface area contributed by atoms with E-state index in [9.17, 15) is 5.11 Å². The second kappa shape index (κ2) is 5.13. The van der Waals surface area contributed by atoms with Gasteiger partial charge >= 0.3 is 0 Å². The van der Waals surface area contributed by atoms with Crippen LogP contribution in [0.2, 0.25) is 0 Å². The molecule has 0 spiro atoms. The van der Waals surface area contributed by atoms with Gasteiger partial charge in [0.25, 0.3) is 0 Å². The molecular formula is C18H24N2O. The number of hydrogen-bond donors (Lipinski definition) is 1. The number of nitrogens with zero attached hydrogens (tertiary/aromatic N) is 2. The van der Waals surface area contributed by atoms with Crippen molar-refractivity contribution >= 4 is 10.9 Å². The number of fused-ring (bicyclic) bond motifs is 2. The third-order valence-corrected chi connectivity index (χ3v) is 5.60. The minimum absolute atomic E-state index is 0.207. The Labute approximate surface area is 126 Å². The molecule has 4 rings (SSSR count). The molecule has 3 atom stereocenters. The van der Waals surface area contributed by atoms with Gasteiger partial charge in [0.2, 0.25) is 0 Å². The van der Waals surface area contributed by atoms with Gasteiger partial charge in [-0.25, -0.2) is 0 Å². The molecular weight excluding hydrogens is 260 g/mol. The number of aryl methyl sites for hydroxylation is 1. The minimum Gasteiger partial charge on any atom is -0.392 e. The molecule has 112 valence electrons. The van der Waals surface area contributed by atoms with Crippen molar-refractivity contribution in [1.82, 2.24) is 9.78 Å². The first-order valence-corrected chi connectivity index (χ1v) is 8.42. The Morgan fingerprint density at radius 2 is 1.95 bits per heavy atom. The summed E-state index contributed by atoms with van der Waals surface area (Å²) in [6.45, 7) is 3.00. The third-order valence-electron chi connectivity index (χ3n) is 5.60. The summed E-state index contributed by atoms with van der Waals surface area (Å²) in [5, 5.41) is 16.6. The van der Waals surface area contributed by atoms with Crippen LogP contribution in [0.5, 0.6) is 0 Å². The first-order valence-electron chi connectivity index (χ1n) is 8.42. The Kier molecular flexibility index (Phi) is 3.26. The van der Waals surface area contributed by atoms with E-state index in [1.54, 1.807) is 0 Å². The average molecular weight is 284 g/mol. The summed E-state index contributed by atoms with van der Waals surface area (Å²) in [7, 11) is 0. The molecule has 0 saturated heterocycles. The topological polar surface area (TPSA) is 38.0 Å². The summed E-state index contributed by atoms with van der Waals surface area (Å²) >= 11 is 0. The molecule has 3 nitrogen and oxygen atoms in total. The van der Waals surface area contributed by atoms with E-state index in [4.69, 9.17) is 5.10 Å². The van der Waals surface area contributed by atoms with Crippen molar-refractivity contribution in [3.05, 3.63) is 30.0 Å². The zero-order chi connectivity index (χ0) is 14.4. The molecule has 2 saturated carbocycles. The fourth-order valence-corrected chi connectivity index (χ4v) is 4.54. The average Bonchev–Trinajstić information content (AvgIpc) is 3.16. The van der Waals surface area contributed by atoms with Crippen LogP contribution in [0.25, 0.3) is 10.9 Å². The van der Waals surface area contributed by atoms with Gasteiger partial charge in [-0.1, -0.05) is 31.0 Å². The van der Waals surface area contributed by atoms with Crippen molar-refractivity contribution < 1.29 is 5.11 Å². The van der Waals surface area contributed by atoms with E-state index in [0.717, 1.165) is 24.1 Å². The van der Waals surface area contributed by atoms with Gasteiger partial charge in [0.05, 0.1) is 17.3 Å². The molecule has 1 heterocycles. The van der Waals surface area contributed by atoms with E-state index in [1.165, 1.54) is 36.6 Å². The van der Waals surface area contributed by atoms with E-state index in [2.05, 4.69) is 35.9 Å². The second-order valence-electron chi connectivity index (χ2n) is 6.74. The van der Waals surface area contributed by atoms with Crippen molar-refractivity contribution in [1.29, 1.82) is 0 Å². The van der Waals surface area contributed by atoms with E-state index >= 15 is 0 Å². The zero-order valence-corrected chi connectivity index (χ0v) is 12.7. The molecule has 2 aliphatic rings. The summed E-state index contributed by atoms with van der Waals surface area (Å²) in [6, 6.07) is 8.39. The number of aliphatic hydroxyl groups is 1. The molecule has 2 aliphatic carbocycles. The fourth-order valence-electron chi connectivity index (χ4n) is 4.54. The number of aliphatic hydroxyl groups excluding tert-OH is 1. The first-order chi connectivity index (χ1) is 10.3. The molecule has 1 N–H and O–H groups in total. The molecule has 2 aromatic rings. The molecule has 1 aromatic carbocycles. The molecule has 0 radical (unpaired) electrons. The Morgan fingerprint density at radius 1 is 1.24 bits per heavy atom. The summed E-state index contributed by atoms with van der Waals surface area (Å²) in [5.41, 5.74) is 2.26. The molecule has 2 fully saturated rings. The number of hydrogen-bond acceptors (Lipinski definition) is 2. The van der Waals surface area contributed by atoms with Crippen molar-refractivity contribution in [2.75, 3.05) is 0 Å². The highest BCUT2D eigenvalue weighted by atomic mass is 16.3. The standard InChI is InChI=1S/C18H24N2O/c1-2-20-16-10-6-5-9-14(16)15(19-20)11-17(21)18-12-7-3-4-8-13(12)18/h5-6,9-10,12-13,17-18,21H,2-4,7-8,11H2,1H3. The van der Waals surface area contributed by atoms with Crippen LogP contribution in [-0.2, 0) is 13.0 Å². The number of aromatic nitrogens is 2. The van der Waals surface area contributed by atoms with E-state index < -0.39 is 0 Å². The SMILES string of the molecule is CCn1nc(CC(O)C2C3CCCCC32)c2ccccc21. The van der Waals surface area contributed by atoms with Gasteiger partial charge in [0.15, 0.2) is 0 Å². The fraction of sp³-hybridized carbons (Fsp3) is 0.611. The molecule has 3 heteroatoms. The van der Waals surface area contributed by atoms with Crippen molar-refractivity contribution in [3.63, 3.8) is 0 Å². The first kappa shape index (κ1) is 13.3. The Hall–Kier alpha value is -1.35. The summed E-state index contributed by atoms with van der Waals surface area (Å²) in [6.07, 6.45) is 5.88. The summed E-state index contributed by atoms with van der Waals surface area (Å²) in [4.78, 5) is 0. The molecule has 0 aliphatic heterocycles. The van der Waals surface area contributed by atoms with Gasteiger partial charge in [0, 0.05) is 18.4 Å². The second-order valence-corrected chi connectivity index (χ2v) is 6.74. The maximum Gasteiger partial charge on any atom is 0.0729 e. The molecule has 3 unspecified atom stereocenters. The lowest BCUT2D eigenvalue weighted by Crippen LogP contribution is -2.16. The third kappa shape index (κ3) is 2.18. The van der Waals surface area contributed by atoms with Crippen LogP contribution in [0.3, 0.4) is 0 Å². The highest BCUT2D eigenvalue weighted by Gasteiger charge is 2.53. The van der Waals surface area contributed by atoms with Crippen molar-refractivity contribution in [2.45, 2.75) is 51.7 Å². The van der Waals surface area contributed by atoms with Crippen LogP contribution >= 0.6 is 0 Å². The zero-order valence-electron chi connectivity index (χ0n) is 12.7. The van der Waals surface area contributed by atoms with E-state index in [0.29, 0.717) is 12.3 Å². The number of rotatable bonds is 4. The molecule has 21 heavy (non-hydrogen) atoms. The Morgan fingerprint density at radius 3 is 2.67 bits per heavy atom. The van der Waals surface area contributed by atoms with Crippen LogP contribution in [-0.4, -0.2) is 21.0 Å². The highest BCUT2D eigenvalue weighted by molar-refractivity contribution is 5.82. The molecule has 0 amide bonds. The van der Waals surface area contributed by atoms with E-state index in [1.807, 2.05) is 0 Å². The normalized spacial score (nSPS) is 29.3. The predicted molar refractivity (Wildman–Crippen MR) is 84.1 cm³/mol. The largest absolute Gasteiger partial charge is 0.392 e. The predicted octanol–water partition coefficient (Wildman–Crippen LogP) is 3.40. The summed E-state index contributed by atoms with van der Waals surface area (Å²) in [5.74, 6) is 2.14.